The summed E-state index contributed by atoms with van der Waals surface area (Å²) in [5, 5.41) is 13.7. The maximum absolute atomic E-state index is 12.8. The molecule has 7 nitrogen and oxygen atoms in total. The van der Waals surface area contributed by atoms with Crippen LogP contribution in [0.25, 0.3) is 0 Å². The van der Waals surface area contributed by atoms with Gasteiger partial charge in [0, 0.05) is 32.0 Å². The monoisotopic (exact) mass is 835 g/mol. The van der Waals surface area contributed by atoms with Gasteiger partial charge in [-0.2, -0.15) is 0 Å². The van der Waals surface area contributed by atoms with Crippen LogP contribution in [0.4, 0.5) is 0 Å². The number of nitrogens with one attached hydrogen (secondary N) is 1. The molecule has 7 heteroatoms. The minimum absolute atomic E-state index is 0.0102. The Bertz CT molecular complexity index is 852. The third-order valence-electron chi connectivity index (χ3n) is 13.1. The normalized spacial score (nSPS) is 16.7. The predicted octanol–water partition coefficient (Wildman–Crippen LogP) is 14.1. The highest BCUT2D eigenvalue weighted by atomic mass is 16.5. The molecule has 0 aromatic rings. The SMILES string of the molecule is CCCCCCCCC(CCCCCC)COC(=O)CCCCCN(CCCCCC(=O)OCC(CCCCCC)CCCCCCCC)CCNC1CCC(O)CC1. The molecule has 0 spiro atoms. The molecule has 1 rings (SSSR count). The van der Waals surface area contributed by atoms with Crippen molar-refractivity contribution >= 4 is 11.9 Å². The maximum Gasteiger partial charge on any atom is 0.305 e. The number of carbonyl (C=O) groups excluding carboxylic acids is 2. The summed E-state index contributed by atoms with van der Waals surface area (Å²) >= 11 is 0. The Morgan fingerprint density at radius 3 is 1.25 bits per heavy atom. The van der Waals surface area contributed by atoms with Crippen LogP contribution in [0, 0.1) is 11.8 Å². The molecule has 2 unspecified atom stereocenters. The van der Waals surface area contributed by atoms with Crippen molar-refractivity contribution in [1.82, 2.24) is 10.2 Å². The van der Waals surface area contributed by atoms with Gasteiger partial charge in [0.1, 0.15) is 0 Å². The van der Waals surface area contributed by atoms with Gasteiger partial charge in [-0.05, 0) is 102 Å². The summed E-state index contributed by atoms with van der Waals surface area (Å²) < 4.78 is 11.7. The van der Waals surface area contributed by atoms with Gasteiger partial charge in [-0.25, -0.2) is 0 Å². The van der Waals surface area contributed by atoms with Gasteiger partial charge in [-0.1, -0.05) is 169 Å². The lowest BCUT2D eigenvalue weighted by atomic mass is 9.93. The molecule has 350 valence electrons. The van der Waals surface area contributed by atoms with Gasteiger partial charge in [0.2, 0.25) is 0 Å². The molecule has 0 heterocycles. The summed E-state index contributed by atoms with van der Waals surface area (Å²) in [6.45, 7) is 14.4. The van der Waals surface area contributed by atoms with Crippen LogP contribution >= 0.6 is 0 Å². The molecule has 0 saturated heterocycles. The van der Waals surface area contributed by atoms with E-state index in [0.29, 0.717) is 43.9 Å². The second-order valence-corrected chi connectivity index (χ2v) is 18.8. The van der Waals surface area contributed by atoms with E-state index in [4.69, 9.17) is 9.47 Å². The van der Waals surface area contributed by atoms with Gasteiger partial charge >= 0.3 is 11.9 Å². The Kier molecular flexibility index (Phi) is 39.9. The number of aliphatic hydroxyl groups is 1. The van der Waals surface area contributed by atoms with Gasteiger partial charge < -0.3 is 24.8 Å². The van der Waals surface area contributed by atoms with E-state index in [0.717, 1.165) is 90.4 Å². The Hall–Kier alpha value is -1.18. The second-order valence-electron chi connectivity index (χ2n) is 18.8. The Morgan fingerprint density at radius 1 is 0.492 bits per heavy atom. The molecule has 59 heavy (non-hydrogen) atoms. The van der Waals surface area contributed by atoms with Crippen LogP contribution in [-0.2, 0) is 19.1 Å². The number of hydrogen-bond acceptors (Lipinski definition) is 7. The average molecular weight is 835 g/mol. The molecule has 0 bridgehead atoms. The third kappa shape index (κ3) is 36.1. The van der Waals surface area contributed by atoms with Crippen molar-refractivity contribution in [3.63, 3.8) is 0 Å². The summed E-state index contributed by atoms with van der Waals surface area (Å²) in [6, 6.07) is 0.515. The fourth-order valence-corrected chi connectivity index (χ4v) is 8.94. The van der Waals surface area contributed by atoms with Crippen LogP contribution in [0.3, 0.4) is 0 Å². The zero-order chi connectivity index (χ0) is 42.9. The first-order valence-electron chi connectivity index (χ1n) is 26.4. The molecule has 2 atom stereocenters. The molecule has 2 N–H and O–H groups in total. The number of unbranched alkanes of at least 4 members (excludes halogenated alkanes) is 20. The fraction of sp³-hybridized carbons (Fsp3) is 0.962. The number of esters is 2. The van der Waals surface area contributed by atoms with Gasteiger partial charge in [0.15, 0.2) is 0 Å². The Balaban J connectivity index is 2.44. The van der Waals surface area contributed by atoms with E-state index in [1.54, 1.807) is 0 Å². The summed E-state index contributed by atoms with van der Waals surface area (Å²) in [5.74, 6) is 1.02. The lowest BCUT2D eigenvalue weighted by molar-refractivity contribution is -0.146. The highest BCUT2D eigenvalue weighted by molar-refractivity contribution is 5.69. The molecule has 1 fully saturated rings. The van der Waals surface area contributed by atoms with Crippen LogP contribution in [0.2, 0.25) is 0 Å². The van der Waals surface area contributed by atoms with E-state index in [9.17, 15) is 14.7 Å². The lowest BCUT2D eigenvalue weighted by Gasteiger charge is -2.28. The van der Waals surface area contributed by atoms with Crippen molar-refractivity contribution in [2.45, 2.75) is 271 Å². The molecule has 1 aliphatic carbocycles. The van der Waals surface area contributed by atoms with Crippen LogP contribution in [-0.4, -0.2) is 73.5 Å². The fourth-order valence-electron chi connectivity index (χ4n) is 8.94. The van der Waals surface area contributed by atoms with Gasteiger partial charge in [-0.15, -0.1) is 0 Å². The van der Waals surface area contributed by atoms with E-state index in [1.807, 2.05) is 0 Å². The highest BCUT2D eigenvalue weighted by Crippen LogP contribution is 2.22. The van der Waals surface area contributed by atoms with Crippen LogP contribution in [0.15, 0.2) is 0 Å². The van der Waals surface area contributed by atoms with Crippen LogP contribution in [0.5, 0.6) is 0 Å². The molecule has 0 aliphatic heterocycles. The highest BCUT2D eigenvalue weighted by Gasteiger charge is 2.19. The van der Waals surface area contributed by atoms with E-state index in [2.05, 4.69) is 37.9 Å². The van der Waals surface area contributed by atoms with E-state index in [1.165, 1.54) is 154 Å². The zero-order valence-electron chi connectivity index (χ0n) is 40.0. The lowest BCUT2D eigenvalue weighted by Crippen LogP contribution is -2.40. The molecule has 0 aromatic carbocycles. The molecular weight excluding hydrogens is 733 g/mol. The summed E-state index contributed by atoms with van der Waals surface area (Å²) in [6.07, 6.45) is 41.7. The van der Waals surface area contributed by atoms with Crippen molar-refractivity contribution in [3.8, 4) is 0 Å². The minimum Gasteiger partial charge on any atom is -0.465 e. The summed E-state index contributed by atoms with van der Waals surface area (Å²) in [7, 11) is 0. The quantitative estimate of drug-likeness (QED) is 0.0467. The van der Waals surface area contributed by atoms with Crippen LogP contribution in [0.1, 0.15) is 259 Å². The molecular formula is C52H102N2O5. The van der Waals surface area contributed by atoms with E-state index >= 15 is 0 Å². The molecule has 0 radical (unpaired) electrons. The molecule has 0 aromatic heterocycles. The van der Waals surface area contributed by atoms with Crippen molar-refractivity contribution in [2.24, 2.45) is 11.8 Å². The summed E-state index contributed by atoms with van der Waals surface area (Å²) in [5.41, 5.74) is 0. The van der Waals surface area contributed by atoms with Crippen molar-refractivity contribution in [3.05, 3.63) is 0 Å². The number of rotatable bonds is 44. The number of hydrogen-bond donors (Lipinski definition) is 2. The topological polar surface area (TPSA) is 88.1 Å². The smallest absolute Gasteiger partial charge is 0.305 e. The maximum atomic E-state index is 12.8. The van der Waals surface area contributed by atoms with Gasteiger partial charge in [-0.3, -0.25) is 9.59 Å². The predicted molar refractivity (Wildman–Crippen MR) is 252 cm³/mol. The third-order valence-corrected chi connectivity index (χ3v) is 13.1. The average Bonchev–Trinajstić information content (AvgIpc) is 3.24. The first-order chi connectivity index (χ1) is 28.9. The van der Waals surface area contributed by atoms with Crippen molar-refractivity contribution in [1.29, 1.82) is 0 Å². The van der Waals surface area contributed by atoms with Crippen LogP contribution < -0.4 is 5.32 Å². The van der Waals surface area contributed by atoms with Gasteiger partial charge in [0.05, 0.1) is 19.3 Å². The Morgan fingerprint density at radius 2 is 0.847 bits per heavy atom. The Labute approximate surface area is 367 Å². The van der Waals surface area contributed by atoms with Gasteiger partial charge in [0.25, 0.3) is 0 Å². The summed E-state index contributed by atoms with van der Waals surface area (Å²) in [4.78, 5) is 28.1. The molecule has 1 aliphatic rings. The molecule has 1 saturated carbocycles. The standard InChI is InChI=1S/C52H102N2O5/c1-5-9-13-17-19-25-33-47(31-23-15-11-7-3)45-58-51(56)35-27-21-29-42-54(44-41-53-49-37-39-50(55)40-38-49)43-30-22-28-36-52(57)59-46-48(32-24-16-12-8-4)34-26-20-18-14-10-6-2/h47-50,53,55H,5-46H2,1-4H3. The number of ether oxygens (including phenoxy) is 2. The number of nitrogens with zero attached hydrogens (tertiary/aromatic N) is 1. The zero-order valence-corrected chi connectivity index (χ0v) is 40.0. The number of aliphatic hydroxyl groups excluding tert-OH is 1. The first-order valence-corrected chi connectivity index (χ1v) is 26.4. The second kappa shape index (κ2) is 42.1. The molecule has 0 amide bonds. The number of carbonyl (C=O) groups is 2. The minimum atomic E-state index is -0.122. The van der Waals surface area contributed by atoms with Crippen molar-refractivity contribution in [2.75, 3.05) is 39.4 Å². The van der Waals surface area contributed by atoms with E-state index < -0.39 is 0 Å². The van der Waals surface area contributed by atoms with Crippen molar-refractivity contribution < 1.29 is 24.2 Å². The largest absolute Gasteiger partial charge is 0.465 e. The first kappa shape index (κ1) is 55.8. The van der Waals surface area contributed by atoms with E-state index in [-0.39, 0.29) is 18.0 Å².